The van der Waals surface area contributed by atoms with Crippen LogP contribution in [0.25, 0.3) is 0 Å². The molecule has 2 heterocycles. The van der Waals surface area contributed by atoms with E-state index < -0.39 is 5.54 Å². The van der Waals surface area contributed by atoms with E-state index in [9.17, 15) is 14.0 Å². The molecule has 2 fully saturated rings. The van der Waals surface area contributed by atoms with Gasteiger partial charge in [-0.2, -0.15) is 0 Å². The fraction of sp³-hybridized carbons (Fsp3) is 0.417. The van der Waals surface area contributed by atoms with Gasteiger partial charge in [-0.25, -0.2) is 4.39 Å². The lowest BCUT2D eigenvalue weighted by Gasteiger charge is -2.33. The number of nitrogens with zero attached hydrogens (tertiary/aromatic N) is 2. The van der Waals surface area contributed by atoms with E-state index >= 15 is 0 Å². The summed E-state index contributed by atoms with van der Waals surface area (Å²) in [6, 6.07) is 11.6. The molecule has 1 N–H and O–H groups in total. The molecule has 2 amide bonds. The summed E-state index contributed by atoms with van der Waals surface area (Å²) in [6.07, 6.45) is 1.03. The van der Waals surface area contributed by atoms with E-state index in [0.29, 0.717) is 62.6 Å². The quantitative estimate of drug-likeness (QED) is 0.772. The zero-order chi connectivity index (χ0) is 22.7. The van der Waals surface area contributed by atoms with Crippen LogP contribution in [0.2, 0.25) is 0 Å². The minimum Gasteiger partial charge on any atom is -0.497 e. The molecular weight excluding hydrogens is 413 g/mol. The number of hydrogen-bond donors (Lipinski definition) is 1. The highest BCUT2D eigenvalue weighted by molar-refractivity contribution is 5.97. The van der Waals surface area contributed by atoms with Crippen molar-refractivity contribution in [2.45, 2.75) is 24.9 Å². The number of methoxy groups -OCH3 is 2. The van der Waals surface area contributed by atoms with Gasteiger partial charge in [0.05, 0.1) is 25.3 Å². The normalized spacial score (nSPS) is 21.3. The number of ether oxygens (including phenoxy) is 2. The summed E-state index contributed by atoms with van der Waals surface area (Å²) in [7, 11) is 3.08. The number of halogens is 1. The molecule has 2 saturated heterocycles. The molecule has 2 aromatic rings. The predicted molar refractivity (Wildman–Crippen MR) is 117 cm³/mol. The second-order valence-electron chi connectivity index (χ2n) is 8.46. The number of likely N-dealkylation sites (tertiary alicyclic amines) is 1. The molecule has 4 rings (SSSR count). The van der Waals surface area contributed by atoms with Crippen LogP contribution in [0.1, 0.15) is 28.8 Å². The van der Waals surface area contributed by atoms with Gasteiger partial charge in [-0.05, 0) is 36.2 Å². The smallest absolute Gasteiger partial charge is 0.257 e. The molecule has 32 heavy (non-hydrogen) atoms. The lowest BCUT2D eigenvalue weighted by Crippen LogP contribution is -2.55. The first-order chi connectivity index (χ1) is 15.4. The molecule has 2 aliphatic rings. The first-order valence-corrected chi connectivity index (χ1v) is 10.7. The summed E-state index contributed by atoms with van der Waals surface area (Å²) in [5, 5.41) is 3.16. The Morgan fingerprint density at radius 1 is 1.12 bits per heavy atom. The highest BCUT2D eigenvalue weighted by atomic mass is 19.1. The Morgan fingerprint density at radius 2 is 1.97 bits per heavy atom. The molecule has 0 aliphatic carbocycles. The number of rotatable bonds is 5. The maximum atomic E-state index is 13.6. The van der Waals surface area contributed by atoms with Crippen LogP contribution in [0, 0.1) is 5.82 Å². The van der Waals surface area contributed by atoms with Crippen molar-refractivity contribution < 1.29 is 23.5 Å². The second kappa shape index (κ2) is 9.16. The summed E-state index contributed by atoms with van der Waals surface area (Å²) in [4.78, 5) is 29.7. The fourth-order valence-electron chi connectivity index (χ4n) is 4.62. The van der Waals surface area contributed by atoms with E-state index in [1.165, 1.54) is 19.2 Å². The third kappa shape index (κ3) is 4.70. The van der Waals surface area contributed by atoms with Crippen LogP contribution in [0.5, 0.6) is 11.5 Å². The van der Waals surface area contributed by atoms with E-state index in [4.69, 9.17) is 9.47 Å². The van der Waals surface area contributed by atoms with Gasteiger partial charge in [0, 0.05) is 45.2 Å². The van der Waals surface area contributed by atoms with Gasteiger partial charge in [0.25, 0.3) is 5.91 Å². The van der Waals surface area contributed by atoms with Crippen molar-refractivity contribution in [2.24, 2.45) is 0 Å². The molecule has 1 spiro atoms. The third-order valence-electron chi connectivity index (χ3n) is 6.16. The van der Waals surface area contributed by atoms with Gasteiger partial charge >= 0.3 is 0 Å². The standard InChI is InChI=1S/C24H28FN3O4/c1-31-19-6-7-20(21(13-19)32-2)23(30)28-11-9-24(16-28)15-27(10-8-22(29)26-24)14-17-4-3-5-18(25)12-17/h3-7,12-13H,8-11,14-16H2,1-2H3,(H,26,29). The molecule has 0 radical (unpaired) electrons. The van der Waals surface area contributed by atoms with E-state index in [2.05, 4.69) is 10.2 Å². The zero-order valence-corrected chi connectivity index (χ0v) is 18.4. The summed E-state index contributed by atoms with van der Waals surface area (Å²) in [5.41, 5.74) is 0.793. The first kappa shape index (κ1) is 22.1. The highest BCUT2D eigenvalue weighted by Crippen LogP contribution is 2.30. The zero-order valence-electron chi connectivity index (χ0n) is 18.4. The lowest BCUT2D eigenvalue weighted by molar-refractivity contribution is -0.122. The van der Waals surface area contributed by atoms with Crippen LogP contribution < -0.4 is 14.8 Å². The van der Waals surface area contributed by atoms with Crippen LogP contribution in [-0.4, -0.2) is 67.6 Å². The number of amides is 2. The summed E-state index contributed by atoms with van der Waals surface area (Å²) < 4.78 is 24.2. The van der Waals surface area contributed by atoms with E-state index in [-0.39, 0.29) is 17.6 Å². The molecule has 2 aliphatic heterocycles. The Kier molecular flexibility index (Phi) is 6.32. The first-order valence-electron chi connectivity index (χ1n) is 10.7. The van der Waals surface area contributed by atoms with Crippen molar-refractivity contribution in [3.05, 3.63) is 59.4 Å². The molecule has 0 aromatic heterocycles. The second-order valence-corrected chi connectivity index (χ2v) is 8.46. The molecule has 0 saturated carbocycles. The fourth-order valence-corrected chi connectivity index (χ4v) is 4.62. The molecule has 8 heteroatoms. The third-order valence-corrected chi connectivity index (χ3v) is 6.16. The molecule has 0 bridgehead atoms. The Hall–Kier alpha value is -3.13. The van der Waals surface area contributed by atoms with Gasteiger partial charge < -0.3 is 19.7 Å². The summed E-state index contributed by atoms with van der Waals surface area (Å²) >= 11 is 0. The van der Waals surface area contributed by atoms with E-state index in [1.54, 1.807) is 36.3 Å². The number of nitrogens with one attached hydrogen (secondary N) is 1. The van der Waals surface area contributed by atoms with Crippen LogP contribution in [-0.2, 0) is 11.3 Å². The van der Waals surface area contributed by atoms with Crippen molar-refractivity contribution in [1.29, 1.82) is 0 Å². The molecule has 2 aromatic carbocycles. The van der Waals surface area contributed by atoms with Gasteiger partial charge in [-0.15, -0.1) is 0 Å². The minimum atomic E-state index is -0.531. The summed E-state index contributed by atoms with van der Waals surface area (Å²) in [5.74, 6) is 0.625. The minimum absolute atomic E-state index is 0.0249. The lowest BCUT2D eigenvalue weighted by atomic mass is 9.97. The number of benzene rings is 2. The number of hydrogen-bond acceptors (Lipinski definition) is 5. The Balaban J connectivity index is 1.51. The topological polar surface area (TPSA) is 71.1 Å². The van der Waals surface area contributed by atoms with Gasteiger partial charge in [-0.3, -0.25) is 14.5 Å². The number of carbonyl (C=O) groups is 2. The Labute approximate surface area is 187 Å². The van der Waals surface area contributed by atoms with E-state index in [1.807, 2.05) is 6.07 Å². The SMILES string of the molecule is COc1ccc(C(=O)N2CCC3(CN(Cc4cccc(F)c4)CCC(=O)N3)C2)c(OC)c1. The van der Waals surface area contributed by atoms with Crippen LogP contribution in [0.3, 0.4) is 0 Å². The Bertz CT molecular complexity index is 1010. The summed E-state index contributed by atoms with van der Waals surface area (Å²) in [6.45, 7) is 2.67. The Morgan fingerprint density at radius 3 is 2.72 bits per heavy atom. The van der Waals surface area contributed by atoms with Gasteiger partial charge in [0.2, 0.25) is 5.91 Å². The maximum Gasteiger partial charge on any atom is 0.257 e. The highest BCUT2D eigenvalue weighted by Gasteiger charge is 2.44. The van der Waals surface area contributed by atoms with Crippen LogP contribution >= 0.6 is 0 Å². The molecule has 170 valence electrons. The monoisotopic (exact) mass is 441 g/mol. The molecule has 7 nitrogen and oxygen atoms in total. The molecular formula is C24H28FN3O4. The average Bonchev–Trinajstić information content (AvgIpc) is 3.12. The van der Waals surface area contributed by atoms with Crippen molar-refractivity contribution in [2.75, 3.05) is 40.4 Å². The average molecular weight is 442 g/mol. The molecule has 1 atom stereocenters. The van der Waals surface area contributed by atoms with Crippen molar-refractivity contribution in [3.8, 4) is 11.5 Å². The van der Waals surface area contributed by atoms with Crippen LogP contribution in [0.4, 0.5) is 4.39 Å². The predicted octanol–water partition coefficient (Wildman–Crippen LogP) is 2.45. The van der Waals surface area contributed by atoms with Gasteiger partial charge in [0.1, 0.15) is 17.3 Å². The number of carbonyl (C=O) groups excluding carboxylic acids is 2. The van der Waals surface area contributed by atoms with Crippen LogP contribution in [0.15, 0.2) is 42.5 Å². The van der Waals surface area contributed by atoms with Crippen molar-refractivity contribution in [1.82, 2.24) is 15.1 Å². The maximum absolute atomic E-state index is 13.6. The van der Waals surface area contributed by atoms with Gasteiger partial charge in [0.15, 0.2) is 0 Å². The molecule has 1 unspecified atom stereocenters. The van der Waals surface area contributed by atoms with Crippen molar-refractivity contribution in [3.63, 3.8) is 0 Å². The van der Waals surface area contributed by atoms with Crippen molar-refractivity contribution >= 4 is 11.8 Å². The largest absolute Gasteiger partial charge is 0.497 e. The van der Waals surface area contributed by atoms with E-state index in [0.717, 1.165) is 5.56 Å². The van der Waals surface area contributed by atoms with Gasteiger partial charge in [-0.1, -0.05) is 12.1 Å².